The number of amidine groups is 1. The topological polar surface area (TPSA) is 226 Å². The monoisotopic (exact) mass is 798 g/mol. The van der Waals surface area contributed by atoms with Crippen molar-refractivity contribution in [3.63, 3.8) is 0 Å². The summed E-state index contributed by atoms with van der Waals surface area (Å²) in [4.78, 5) is 88.6. The van der Waals surface area contributed by atoms with E-state index in [1.165, 1.54) is 0 Å². The molecule has 1 saturated carbocycles. The van der Waals surface area contributed by atoms with Crippen LogP contribution >= 0.6 is 0 Å². The van der Waals surface area contributed by atoms with Gasteiger partial charge in [0.15, 0.2) is 0 Å². The van der Waals surface area contributed by atoms with Gasteiger partial charge in [-0.25, -0.2) is 4.99 Å². The fourth-order valence-corrected chi connectivity index (χ4v) is 7.15. The number of hydrogen-bond acceptors (Lipinski definition) is 12. The summed E-state index contributed by atoms with van der Waals surface area (Å²) in [6.45, 7) is 4.29. The predicted molar refractivity (Wildman–Crippen MR) is 212 cm³/mol. The number of benzene rings is 1. The maximum Gasteiger partial charge on any atom is 0.254 e. The van der Waals surface area contributed by atoms with Crippen LogP contribution in [0.2, 0.25) is 0 Å². The number of pyridine rings is 1. The minimum atomic E-state index is -0.748. The molecule has 17 nitrogen and oxygen atoms in total. The Bertz CT molecular complexity index is 2000. The van der Waals surface area contributed by atoms with Gasteiger partial charge in [0.1, 0.15) is 12.4 Å². The van der Waals surface area contributed by atoms with Crippen molar-refractivity contribution in [2.24, 2.45) is 10.7 Å². The van der Waals surface area contributed by atoms with E-state index in [-0.39, 0.29) is 83.2 Å². The third-order valence-corrected chi connectivity index (χ3v) is 10.4. The molecule has 0 spiro atoms. The van der Waals surface area contributed by atoms with Crippen LogP contribution in [0.5, 0.6) is 0 Å². The van der Waals surface area contributed by atoms with Crippen molar-refractivity contribution in [3.05, 3.63) is 70.6 Å². The Balaban J connectivity index is 0.950. The average molecular weight is 799 g/mol. The molecule has 0 bridgehead atoms. The lowest BCUT2D eigenvalue weighted by atomic mass is 9.92. The van der Waals surface area contributed by atoms with Gasteiger partial charge in [-0.1, -0.05) is 19.1 Å². The molecule has 0 radical (unpaired) electrons. The first kappa shape index (κ1) is 41.8. The lowest BCUT2D eigenvalue weighted by Crippen LogP contribution is -2.41. The molecular formula is C41H50N8O9. The molecule has 6 amide bonds. The molecule has 5 N–H and O–H groups in total. The zero-order valence-corrected chi connectivity index (χ0v) is 32.7. The Morgan fingerprint density at radius 2 is 1.78 bits per heavy atom. The highest BCUT2D eigenvalue weighted by Crippen LogP contribution is 2.50. The van der Waals surface area contributed by atoms with Crippen LogP contribution in [0, 0.1) is 0 Å². The van der Waals surface area contributed by atoms with Crippen molar-refractivity contribution < 1.29 is 43.3 Å². The second-order valence-corrected chi connectivity index (χ2v) is 14.6. The first-order valence-electron chi connectivity index (χ1n) is 19.6. The number of carbonyl (C=O) groups excluding carboxylic acids is 6. The Hall–Kier alpha value is -5.78. The Morgan fingerprint density at radius 3 is 2.50 bits per heavy atom. The van der Waals surface area contributed by atoms with Gasteiger partial charge in [0, 0.05) is 74.5 Å². The molecule has 1 aliphatic carbocycles. The van der Waals surface area contributed by atoms with E-state index < -0.39 is 23.1 Å². The molecule has 6 rings (SSSR count). The number of nitrogens with zero attached hydrogens (tertiary/aromatic N) is 5. The summed E-state index contributed by atoms with van der Waals surface area (Å²) in [6, 6.07) is 7.51. The summed E-state index contributed by atoms with van der Waals surface area (Å²) in [5, 5.41) is 15.1. The minimum absolute atomic E-state index is 0.0629. The largest absolute Gasteiger partial charge is 0.395 e. The van der Waals surface area contributed by atoms with Gasteiger partial charge in [-0.2, -0.15) is 0 Å². The molecule has 1 aromatic heterocycles. The van der Waals surface area contributed by atoms with Crippen LogP contribution in [0.4, 0.5) is 11.4 Å². The highest BCUT2D eigenvalue weighted by Gasteiger charge is 2.51. The molecule has 4 heterocycles. The van der Waals surface area contributed by atoms with E-state index in [2.05, 4.69) is 20.6 Å². The van der Waals surface area contributed by atoms with E-state index in [0.717, 1.165) is 45.9 Å². The SMILES string of the molecule is CCCN(CCO)C(=O)C1=Cc2ccc(C3(C(=O)Nc4cnc5c(c4)CN(C(=O)CCOCCOCCNC(=O)CN4C(=O)C=CC4=O)CC5)CC3)cc2N=C(N)C1. The number of aliphatic hydroxyl groups excluding tert-OH is 1. The quantitative estimate of drug-likeness (QED) is 0.116. The number of amides is 6. The van der Waals surface area contributed by atoms with Crippen LogP contribution in [0.15, 0.2) is 53.2 Å². The standard InChI is InChI=1S/C41H50N8O9/c1-2-12-47(14-15-50)39(55)28-20-27-3-4-30(23-33(27)46-34(42)22-28)41(9-10-41)40(56)45-31-21-29-25-48(13-7-32(29)44-24-31)36(52)8-16-57-18-19-58-17-11-43-35(51)26-49-37(53)5-6-38(49)54/h3-6,20-21,23-24,50H,2,7-19,22,25-26H2,1H3,(H2,42,46)(H,43,51)(H,45,56). The molecule has 0 saturated heterocycles. The summed E-state index contributed by atoms with van der Waals surface area (Å²) in [7, 11) is 0. The van der Waals surface area contributed by atoms with Gasteiger partial charge in [-0.15, -0.1) is 0 Å². The second-order valence-electron chi connectivity index (χ2n) is 14.6. The molecule has 17 heteroatoms. The highest BCUT2D eigenvalue weighted by molar-refractivity contribution is 6.14. The van der Waals surface area contributed by atoms with Crippen molar-refractivity contribution in [1.82, 2.24) is 25.0 Å². The third kappa shape index (κ3) is 10.2. The molecule has 2 aromatic rings. The van der Waals surface area contributed by atoms with Crippen LogP contribution in [0.1, 0.15) is 61.4 Å². The van der Waals surface area contributed by atoms with Crippen LogP contribution < -0.4 is 16.4 Å². The van der Waals surface area contributed by atoms with Gasteiger partial charge in [0.05, 0.1) is 62.4 Å². The van der Waals surface area contributed by atoms with Gasteiger partial charge in [0.2, 0.25) is 23.6 Å². The third-order valence-electron chi connectivity index (χ3n) is 10.4. The van der Waals surface area contributed by atoms with Crippen molar-refractivity contribution in [3.8, 4) is 0 Å². The molecule has 1 fully saturated rings. The number of ether oxygens (including phenoxy) is 2. The van der Waals surface area contributed by atoms with Gasteiger partial charge >= 0.3 is 0 Å². The number of aliphatic imine (C=N–C) groups is 1. The second kappa shape index (κ2) is 19.1. The molecule has 308 valence electrons. The van der Waals surface area contributed by atoms with Gasteiger partial charge < -0.3 is 40.7 Å². The lowest BCUT2D eigenvalue weighted by Gasteiger charge is -2.29. The number of fused-ring (bicyclic) bond motifs is 2. The summed E-state index contributed by atoms with van der Waals surface area (Å²) in [6.07, 6.45) is 8.70. The van der Waals surface area contributed by atoms with E-state index in [0.29, 0.717) is 61.7 Å². The van der Waals surface area contributed by atoms with E-state index in [4.69, 9.17) is 15.2 Å². The zero-order chi connectivity index (χ0) is 41.2. The zero-order valence-electron chi connectivity index (χ0n) is 32.7. The van der Waals surface area contributed by atoms with Crippen molar-refractivity contribution in [1.29, 1.82) is 0 Å². The number of rotatable bonds is 19. The first-order valence-corrected chi connectivity index (χ1v) is 19.6. The number of nitrogens with two attached hydrogens (primary N) is 1. The summed E-state index contributed by atoms with van der Waals surface area (Å²) in [5.41, 5.74) is 10.4. The van der Waals surface area contributed by atoms with Gasteiger partial charge in [-0.3, -0.25) is 38.7 Å². The molecule has 0 unspecified atom stereocenters. The molecule has 1 aromatic carbocycles. The maximum atomic E-state index is 13.8. The number of nitrogens with one attached hydrogen (secondary N) is 2. The van der Waals surface area contributed by atoms with E-state index in [9.17, 15) is 33.9 Å². The van der Waals surface area contributed by atoms with Gasteiger partial charge in [-0.05, 0) is 48.6 Å². The molecule has 3 aliphatic heterocycles. The van der Waals surface area contributed by atoms with Crippen molar-refractivity contribution in [2.75, 3.05) is 71.1 Å². The van der Waals surface area contributed by atoms with Crippen LogP contribution in [0.25, 0.3) is 6.08 Å². The van der Waals surface area contributed by atoms with E-state index in [1.807, 2.05) is 31.2 Å². The van der Waals surface area contributed by atoms with Crippen molar-refractivity contribution in [2.45, 2.75) is 57.4 Å². The number of anilines is 1. The summed E-state index contributed by atoms with van der Waals surface area (Å²) >= 11 is 0. The molecule has 58 heavy (non-hydrogen) atoms. The normalized spacial score (nSPS) is 16.5. The molecule has 0 atom stereocenters. The van der Waals surface area contributed by atoms with E-state index in [1.54, 1.807) is 22.1 Å². The van der Waals surface area contributed by atoms with Gasteiger partial charge in [0.25, 0.3) is 11.8 Å². The summed E-state index contributed by atoms with van der Waals surface area (Å²) < 4.78 is 11.0. The van der Waals surface area contributed by atoms with Crippen LogP contribution in [-0.2, 0) is 56.6 Å². The fourth-order valence-electron chi connectivity index (χ4n) is 7.15. The number of aromatic nitrogens is 1. The maximum absolute atomic E-state index is 13.8. The van der Waals surface area contributed by atoms with Crippen LogP contribution in [0.3, 0.4) is 0 Å². The average Bonchev–Trinajstić information content (AvgIpc) is 3.99. The van der Waals surface area contributed by atoms with Crippen molar-refractivity contribution >= 4 is 58.7 Å². The number of imide groups is 1. The predicted octanol–water partition coefficient (Wildman–Crippen LogP) is 1.11. The van der Waals surface area contributed by atoms with Crippen LogP contribution in [-0.4, -0.2) is 132 Å². The lowest BCUT2D eigenvalue weighted by molar-refractivity contribution is -0.141. The number of aliphatic hydroxyl groups is 1. The summed E-state index contributed by atoms with van der Waals surface area (Å²) in [5.74, 6) is -1.62. The number of hydrogen-bond donors (Lipinski definition) is 4. The highest BCUT2D eigenvalue weighted by atomic mass is 16.5. The Morgan fingerprint density at radius 1 is 1.02 bits per heavy atom. The molecular weight excluding hydrogens is 748 g/mol. The fraction of sp³-hybridized carbons (Fsp3) is 0.463. The smallest absolute Gasteiger partial charge is 0.254 e. The Labute approximate surface area is 336 Å². The minimum Gasteiger partial charge on any atom is -0.395 e. The number of carbonyl (C=O) groups is 6. The molecule has 4 aliphatic rings. The Kier molecular flexibility index (Phi) is 13.8. The van der Waals surface area contributed by atoms with E-state index >= 15 is 0 Å². The first-order chi connectivity index (χ1) is 28.0.